The zero-order chi connectivity index (χ0) is 18.3. The molecule has 0 fully saturated rings. The monoisotopic (exact) mass is 366 g/mol. The Morgan fingerprint density at radius 2 is 1.29 bits per heavy atom. The molecule has 0 saturated heterocycles. The van der Waals surface area contributed by atoms with Gasteiger partial charge in [0, 0.05) is 0 Å². The van der Waals surface area contributed by atoms with Crippen LogP contribution in [0.15, 0.2) is 0 Å². The number of hydroxylamine groups is 3. The van der Waals surface area contributed by atoms with Crippen LogP contribution in [0.25, 0.3) is 0 Å². The number of rotatable bonds is 17. The first-order valence-electron chi connectivity index (χ1n) is 9.69. The number of unbranched alkanes of at least 4 members (excludes halogenated alkanes) is 10. The van der Waals surface area contributed by atoms with E-state index in [2.05, 4.69) is 6.92 Å². The predicted octanol–water partition coefficient (Wildman–Crippen LogP) is 4.58. The Balaban J connectivity index is 3.44. The lowest BCUT2D eigenvalue weighted by molar-refractivity contribution is -1.08. The lowest BCUT2D eigenvalue weighted by Crippen LogP contribution is -2.40. The van der Waals surface area contributed by atoms with E-state index in [0.717, 1.165) is 13.0 Å². The molecule has 0 unspecified atom stereocenters. The topological polar surface area (TPSA) is 63.6 Å². The first kappa shape index (κ1) is 23.8. The largest absolute Gasteiger partial charge is 0.286 e. The van der Waals surface area contributed by atoms with Crippen molar-refractivity contribution in [2.45, 2.75) is 84.0 Å². The van der Waals surface area contributed by atoms with Gasteiger partial charge in [-0.15, -0.1) is 0 Å². The third kappa shape index (κ3) is 18.2. The molecule has 0 aliphatic heterocycles. The van der Waals surface area contributed by atoms with Crippen LogP contribution in [0.3, 0.4) is 0 Å². The third-order valence-corrected chi connectivity index (χ3v) is 5.09. The standard InChI is InChI=1S/C18H39NO4S/c1-4-5-6-7-8-9-10-11-12-13-16-19(2,3)23-17-14-15-18-24(20,21)22/h4-18H2,1-3H3/p+1. The van der Waals surface area contributed by atoms with Crippen molar-refractivity contribution in [2.75, 3.05) is 33.0 Å². The molecule has 0 amide bonds. The summed E-state index contributed by atoms with van der Waals surface area (Å²) in [7, 11) is 0.243. The van der Waals surface area contributed by atoms with Gasteiger partial charge in [0.1, 0.15) is 13.2 Å². The molecule has 0 rings (SSSR count). The molecule has 1 N–H and O–H groups in total. The van der Waals surface area contributed by atoms with E-state index in [1.54, 1.807) is 0 Å². The van der Waals surface area contributed by atoms with E-state index in [1.807, 2.05) is 14.1 Å². The van der Waals surface area contributed by atoms with Crippen LogP contribution in [0, 0.1) is 0 Å². The summed E-state index contributed by atoms with van der Waals surface area (Å²) in [5, 5.41) is 0. The van der Waals surface area contributed by atoms with Gasteiger partial charge in [-0.3, -0.25) is 4.55 Å². The summed E-state index contributed by atoms with van der Waals surface area (Å²) in [6, 6.07) is 0. The number of quaternary nitrogens is 1. The summed E-state index contributed by atoms with van der Waals surface area (Å²) < 4.78 is 30.4. The Bertz CT molecular complexity index is 382. The van der Waals surface area contributed by atoms with Gasteiger partial charge in [-0.2, -0.15) is 13.1 Å². The van der Waals surface area contributed by atoms with Crippen molar-refractivity contribution in [1.29, 1.82) is 0 Å². The number of hydrogen-bond acceptors (Lipinski definition) is 3. The van der Waals surface area contributed by atoms with Gasteiger partial charge in [-0.1, -0.05) is 58.3 Å². The lowest BCUT2D eigenvalue weighted by atomic mass is 10.1. The maximum atomic E-state index is 10.6. The molecule has 24 heavy (non-hydrogen) atoms. The van der Waals surface area contributed by atoms with Gasteiger partial charge in [0.2, 0.25) is 0 Å². The van der Waals surface area contributed by atoms with Gasteiger partial charge >= 0.3 is 0 Å². The van der Waals surface area contributed by atoms with Crippen molar-refractivity contribution in [3.05, 3.63) is 0 Å². The highest BCUT2D eigenvalue weighted by atomic mass is 32.2. The van der Waals surface area contributed by atoms with Crippen molar-refractivity contribution in [1.82, 2.24) is 0 Å². The summed E-state index contributed by atoms with van der Waals surface area (Å²) in [6.45, 7) is 3.76. The summed E-state index contributed by atoms with van der Waals surface area (Å²) in [4.78, 5) is 5.79. The molecule has 0 aliphatic rings. The maximum absolute atomic E-state index is 10.6. The van der Waals surface area contributed by atoms with Crippen LogP contribution in [-0.2, 0) is 15.0 Å². The minimum absolute atomic E-state index is 0.178. The summed E-state index contributed by atoms with van der Waals surface area (Å²) >= 11 is 0. The first-order chi connectivity index (χ1) is 11.3. The molecule has 0 aromatic rings. The van der Waals surface area contributed by atoms with Crippen LogP contribution < -0.4 is 0 Å². The van der Waals surface area contributed by atoms with Gasteiger partial charge < -0.3 is 0 Å². The molecule has 0 bridgehead atoms. The molecule has 0 aromatic heterocycles. The molecule has 0 radical (unpaired) electrons. The van der Waals surface area contributed by atoms with Gasteiger partial charge in [0.15, 0.2) is 0 Å². The summed E-state index contributed by atoms with van der Waals surface area (Å²) in [5.41, 5.74) is 0. The van der Waals surface area contributed by atoms with Crippen molar-refractivity contribution >= 4 is 10.1 Å². The molecule has 0 heterocycles. The van der Waals surface area contributed by atoms with Crippen LogP contribution >= 0.6 is 0 Å². The van der Waals surface area contributed by atoms with Gasteiger partial charge in [-0.05, 0) is 25.7 Å². The van der Waals surface area contributed by atoms with Gasteiger partial charge in [-0.25, -0.2) is 4.84 Å². The predicted molar refractivity (Wildman–Crippen MR) is 100 cm³/mol. The smallest absolute Gasteiger partial charge is 0.264 e. The molecule has 5 nitrogen and oxygen atoms in total. The summed E-state index contributed by atoms with van der Waals surface area (Å²) in [5.74, 6) is -0.178. The minimum Gasteiger partial charge on any atom is -0.286 e. The molecule has 0 atom stereocenters. The van der Waals surface area contributed by atoms with Crippen LogP contribution in [0.1, 0.15) is 84.0 Å². The third-order valence-electron chi connectivity index (χ3n) is 4.29. The highest BCUT2D eigenvalue weighted by Crippen LogP contribution is 2.12. The number of hydrogen-bond donors (Lipinski definition) is 1. The van der Waals surface area contributed by atoms with E-state index in [9.17, 15) is 8.42 Å². The highest BCUT2D eigenvalue weighted by Gasteiger charge is 2.16. The van der Waals surface area contributed by atoms with Crippen molar-refractivity contribution in [3.63, 3.8) is 0 Å². The second-order valence-electron chi connectivity index (χ2n) is 7.31. The van der Waals surface area contributed by atoms with Gasteiger partial charge in [0.25, 0.3) is 10.1 Å². The molecule has 6 heteroatoms. The fraction of sp³-hybridized carbons (Fsp3) is 1.00. The average Bonchev–Trinajstić information content (AvgIpc) is 2.47. The zero-order valence-corrected chi connectivity index (χ0v) is 17.0. The molecule has 0 spiro atoms. The van der Waals surface area contributed by atoms with Crippen molar-refractivity contribution < 1.29 is 22.5 Å². The fourth-order valence-electron chi connectivity index (χ4n) is 2.74. The SMILES string of the molecule is CCCCCCCCCCCC[N+](C)(C)OCCCCS(=O)(=O)O. The van der Waals surface area contributed by atoms with Crippen LogP contribution in [0.4, 0.5) is 0 Å². The van der Waals surface area contributed by atoms with E-state index < -0.39 is 10.1 Å². The molecule has 0 aliphatic carbocycles. The molecular weight excluding hydrogens is 326 g/mol. The fourth-order valence-corrected chi connectivity index (χ4v) is 3.31. The molecule has 0 aromatic carbocycles. The van der Waals surface area contributed by atoms with Crippen molar-refractivity contribution in [3.8, 4) is 0 Å². The molecule has 0 saturated carbocycles. The number of nitrogens with zero attached hydrogens (tertiary/aromatic N) is 1. The Morgan fingerprint density at radius 3 is 1.79 bits per heavy atom. The Labute approximate surface area is 150 Å². The van der Waals surface area contributed by atoms with E-state index in [0.29, 0.717) is 24.1 Å². The van der Waals surface area contributed by atoms with E-state index >= 15 is 0 Å². The van der Waals surface area contributed by atoms with E-state index in [4.69, 9.17) is 9.39 Å². The Kier molecular flexibility index (Phi) is 13.9. The van der Waals surface area contributed by atoms with Crippen LogP contribution in [-0.4, -0.2) is 50.6 Å². The quantitative estimate of drug-likeness (QED) is 0.177. The zero-order valence-electron chi connectivity index (χ0n) is 16.1. The Morgan fingerprint density at radius 1 is 0.792 bits per heavy atom. The first-order valence-corrected chi connectivity index (χ1v) is 11.3. The van der Waals surface area contributed by atoms with E-state index in [-0.39, 0.29) is 5.75 Å². The normalized spacial score (nSPS) is 12.7. The van der Waals surface area contributed by atoms with Crippen LogP contribution in [0.2, 0.25) is 0 Å². The average molecular weight is 367 g/mol. The van der Waals surface area contributed by atoms with Crippen LogP contribution in [0.5, 0.6) is 0 Å². The molecule has 146 valence electrons. The van der Waals surface area contributed by atoms with Gasteiger partial charge in [0.05, 0.1) is 19.8 Å². The lowest BCUT2D eigenvalue weighted by Gasteiger charge is -2.26. The maximum Gasteiger partial charge on any atom is 0.264 e. The Hall–Kier alpha value is -0.170. The van der Waals surface area contributed by atoms with Crippen molar-refractivity contribution in [2.24, 2.45) is 0 Å². The highest BCUT2D eigenvalue weighted by molar-refractivity contribution is 7.85. The second-order valence-corrected chi connectivity index (χ2v) is 8.88. The van der Waals surface area contributed by atoms with E-state index in [1.165, 1.54) is 57.8 Å². The minimum atomic E-state index is -3.83. The summed E-state index contributed by atoms with van der Waals surface area (Å²) in [6.07, 6.45) is 14.4. The molecular formula is C18H40NO4S+. The second kappa shape index (κ2) is 14.0.